The number of nitrogens with one attached hydrogen (secondary N) is 1. The SMILES string of the molecule is COc1ccc2c(c[n+]3c4c2ccc2c5c(cc(c24)CC3)OCO5)c1NC(=O)c1cc(C)n(C)n1.[Cl-]. The van der Waals surface area contributed by atoms with Crippen LogP contribution in [0.4, 0.5) is 5.69 Å². The molecular weight excluding hydrogens is 480 g/mol. The molecule has 0 fully saturated rings. The Morgan fingerprint density at radius 3 is 2.69 bits per heavy atom. The first-order valence-corrected chi connectivity index (χ1v) is 11.6. The van der Waals surface area contributed by atoms with Gasteiger partial charge in [-0.1, -0.05) is 0 Å². The molecule has 5 aromatic rings. The summed E-state index contributed by atoms with van der Waals surface area (Å²) in [6.45, 7) is 2.99. The minimum absolute atomic E-state index is 0. The van der Waals surface area contributed by atoms with Crippen molar-refractivity contribution >= 4 is 44.0 Å². The minimum Gasteiger partial charge on any atom is -1.00 e. The van der Waals surface area contributed by atoms with Crippen molar-refractivity contribution in [2.75, 3.05) is 19.2 Å². The van der Waals surface area contributed by atoms with Crippen molar-refractivity contribution in [2.24, 2.45) is 7.05 Å². The Morgan fingerprint density at radius 2 is 1.92 bits per heavy atom. The van der Waals surface area contributed by atoms with E-state index in [1.165, 1.54) is 10.9 Å². The largest absolute Gasteiger partial charge is 1.00 e. The number of aromatic nitrogens is 3. The molecule has 3 aromatic carbocycles. The zero-order valence-electron chi connectivity index (χ0n) is 20.0. The van der Waals surface area contributed by atoms with Gasteiger partial charge in [-0.15, -0.1) is 0 Å². The van der Waals surface area contributed by atoms with Crippen LogP contribution in [0.3, 0.4) is 0 Å². The first kappa shape index (κ1) is 22.4. The number of hydrogen-bond donors (Lipinski definition) is 1. The fraction of sp³-hybridized carbons (Fsp3) is 0.222. The Bertz CT molecular complexity index is 1720. The summed E-state index contributed by atoms with van der Waals surface area (Å²) in [6, 6.07) is 12.1. The number of fused-ring (bicyclic) bond motifs is 4. The van der Waals surface area contributed by atoms with Crippen LogP contribution in [0.5, 0.6) is 17.2 Å². The van der Waals surface area contributed by atoms with E-state index in [1.807, 2.05) is 20.0 Å². The van der Waals surface area contributed by atoms with Crippen LogP contribution in [0.2, 0.25) is 0 Å². The number of anilines is 1. The van der Waals surface area contributed by atoms with Crippen LogP contribution in [0.15, 0.2) is 42.6 Å². The van der Waals surface area contributed by atoms with Gasteiger partial charge in [0.2, 0.25) is 12.3 Å². The van der Waals surface area contributed by atoms with Crippen molar-refractivity contribution in [3.8, 4) is 17.2 Å². The molecule has 2 aromatic heterocycles. The zero-order valence-corrected chi connectivity index (χ0v) is 20.8. The summed E-state index contributed by atoms with van der Waals surface area (Å²) < 4.78 is 21.1. The summed E-state index contributed by atoms with van der Waals surface area (Å²) in [5, 5.41) is 12.7. The van der Waals surface area contributed by atoms with Crippen LogP contribution in [0.1, 0.15) is 21.7 Å². The Morgan fingerprint density at radius 1 is 1.11 bits per heavy atom. The first-order chi connectivity index (χ1) is 17.0. The van der Waals surface area contributed by atoms with E-state index in [-0.39, 0.29) is 25.1 Å². The average molecular weight is 503 g/mol. The third-order valence-electron chi connectivity index (χ3n) is 7.19. The van der Waals surface area contributed by atoms with Gasteiger partial charge in [-0.05, 0) is 48.9 Å². The van der Waals surface area contributed by atoms with Crippen molar-refractivity contribution in [3.63, 3.8) is 0 Å². The lowest BCUT2D eigenvalue weighted by atomic mass is 9.92. The summed E-state index contributed by atoms with van der Waals surface area (Å²) in [5.74, 6) is 1.96. The monoisotopic (exact) mass is 502 g/mol. The molecule has 9 heteroatoms. The molecular formula is C27H23ClN4O4. The predicted octanol–water partition coefficient (Wildman–Crippen LogP) is 1.03. The standard InChI is InChI=1S/C27H22N4O4.ClH/c1-14-10-20(29-30(14)2)27(32)28-24-19-12-31-9-8-15-11-22-26(35-13-34-22)18-5-4-17(25(31)23(15)18)16(19)6-7-21(24)33-3;/h4-7,10-12H,8-9,13H2,1-3H3;1H. The Kier molecular flexibility index (Phi) is 4.98. The highest BCUT2D eigenvalue weighted by molar-refractivity contribution is 6.19. The number of aryl methyl sites for hydroxylation is 4. The molecule has 36 heavy (non-hydrogen) atoms. The van der Waals surface area contributed by atoms with Crippen LogP contribution in [0.25, 0.3) is 32.4 Å². The zero-order chi connectivity index (χ0) is 23.8. The van der Waals surface area contributed by atoms with Gasteiger partial charge in [0.1, 0.15) is 5.75 Å². The van der Waals surface area contributed by atoms with Crippen LogP contribution in [-0.4, -0.2) is 29.6 Å². The van der Waals surface area contributed by atoms with Gasteiger partial charge in [-0.25, -0.2) is 0 Å². The molecule has 0 radical (unpaired) electrons. The van der Waals surface area contributed by atoms with Gasteiger partial charge in [0.05, 0.1) is 29.0 Å². The highest BCUT2D eigenvalue weighted by Gasteiger charge is 2.30. The molecule has 0 saturated heterocycles. The van der Waals surface area contributed by atoms with Gasteiger partial charge in [-0.2, -0.15) is 9.67 Å². The van der Waals surface area contributed by atoms with Gasteiger partial charge < -0.3 is 31.9 Å². The second-order valence-corrected chi connectivity index (χ2v) is 9.08. The number of benzene rings is 3. The van der Waals surface area contributed by atoms with E-state index < -0.39 is 0 Å². The number of pyridine rings is 1. The number of methoxy groups -OCH3 is 1. The molecule has 0 saturated carbocycles. The highest BCUT2D eigenvalue weighted by atomic mass is 35.5. The number of nitrogens with zero attached hydrogens (tertiary/aromatic N) is 3. The Balaban J connectivity index is 0.00000240. The Hall–Kier alpha value is -4.04. The van der Waals surface area contributed by atoms with Crippen LogP contribution in [-0.2, 0) is 20.0 Å². The summed E-state index contributed by atoms with van der Waals surface area (Å²) in [7, 11) is 3.44. The van der Waals surface area contributed by atoms with Gasteiger partial charge in [-0.3, -0.25) is 9.48 Å². The summed E-state index contributed by atoms with van der Waals surface area (Å²) in [5.41, 5.74) is 4.35. The van der Waals surface area contributed by atoms with Gasteiger partial charge in [0, 0.05) is 29.9 Å². The van der Waals surface area contributed by atoms with E-state index in [1.54, 1.807) is 17.9 Å². The van der Waals surface area contributed by atoms with Crippen molar-refractivity contribution in [2.45, 2.75) is 19.9 Å². The molecule has 0 aliphatic carbocycles. The van der Waals surface area contributed by atoms with Crippen molar-refractivity contribution in [1.29, 1.82) is 0 Å². The second-order valence-electron chi connectivity index (χ2n) is 9.08. The third kappa shape index (κ3) is 3.04. The molecule has 7 rings (SSSR count). The molecule has 0 bridgehead atoms. The van der Waals surface area contributed by atoms with E-state index >= 15 is 0 Å². The highest BCUT2D eigenvalue weighted by Crippen LogP contribution is 2.45. The molecule has 8 nitrogen and oxygen atoms in total. The van der Waals surface area contributed by atoms with Gasteiger partial charge in [0.25, 0.3) is 5.91 Å². The van der Waals surface area contributed by atoms with Gasteiger partial charge in [0.15, 0.2) is 29.9 Å². The molecule has 2 aliphatic rings. The van der Waals surface area contributed by atoms with E-state index in [0.717, 1.165) is 57.2 Å². The number of halogens is 1. The van der Waals surface area contributed by atoms with Crippen LogP contribution < -0.4 is 36.5 Å². The number of ether oxygens (including phenoxy) is 3. The topological polar surface area (TPSA) is 78.5 Å². The number of rotatable bonds is 3. The molecule has 1 amide bonds. The van der Waals surface area contributed by atoms with Crippen molar-refractivity contribution in [1.82, 2.24) is 9.78 Å². The van der Waals surface area contributed by atoms with Crippen molar-refractivity contribution < 1.29 is 36.0 Å². The maximum absolute atomic E-state index is 13.1. The number of hydrogen-bond acceptors (Lipinski definition) is 5. The molecule has 1 N–H and O–H groups in total. The normalized spacial score (nSPS) is 13.4. The molecule has 0 atom stereocenters. The molecule has 4 heterocycles. The smallest absolute Gasteiger partial charge is 0.276 e. The average Bonchev–Trinajstić information content (AvgIpc) is 3.48. The fourth-order valence-corrected chi connectivity index (χ4v) is 5.41. The fourth-order valence-electron chi connectivity index (χ4n) is 5.41. The number of carbonyl (C=O) groups excluding carboxylic acids is 1. The summed E-state index contributed by atoms with van der Waals surface area (Å²) in [4.78, 5) is 13.1. The molecule has 0 unspecified atom stereocenters. The third-order valence-corrected chi connectivity index (χ3v) is 7.19. The van der Waals surface area contributed by atoms with Crippen molar-refractivity contribution in [3.05, 3.63) is 59.5 Å². The van der Waals surface area contributed by atoms with E-state index in [9.17, 15) is 4.79 Å². The van der Waals surface area contributed by atoms with Crippen LogP contribution in [0, 0.1) is 6.92 Å². The number of amides is 1. The number of carbonyl (C=O) groups is 1. The second kappa shape index (κ2) is 7.99. The van der Waals surface area contributed by atoms with E-state index in [0.29, 0.717) is 17.1 Å². The van der Waals surface area contributed by atoms with Crippen LogP contribution >= 0.6 is 0 Å². The maximum Gasteiger partial charge on any atom is 0.276 e. The quantitative estimate of drug-likeness (QED) is 0.294. The minimum atomic E-state index is -0.272. The molecule has 2 aliphatic heterocycles. The maximum atomic E-state index is 13.1. The molecule has 0 spiro atoms. The van der Waals surface area contributed by atoms with Gasteiger partial charge >= 0.3 is 0 Å². The first-order valence-electron chi connectivity index (χ1n) is 11.6. The lowest BCUT2D eigenvalue weighted by molar-refractivity contribution is -0.670. The molecule has 182 valence electrons. The lowest BCUT2D eigenvalue weighted by Crippen LogP contribution is -3.00. The predicted molar refractivity (Wildman–Crippen MR) is 131 cm³/mol. The summed E-state index contributed by atoms with van der Waals surface area (Å²) in [6.07, 6.45) is 3.00. The van der Waals surface area contributed by atoms with E-state index in [2.05, 4.69) is 45.4 Å². The van der Waals surface area contributed by atoms with E-state index in [4.69, 9.17) is 14.2 Å². The summed E-state index contributed by atoms with van der Waals surface area (Å²) >= 11 is 0. The Labute approximate surface area is 212 Å². The lowest BCUT2D eigenvalue weighted by Gasteiger charge is -2.18.